The van der Waals surface area contributed by atoms with Crippen LogP contribution in [0.2, 0.25) is 0 Å². The molecule has 2 aromatic rings. The van der Waals surface area contributed by atoms with Gasteiger partial charge in [0.05, 0.1) is 0 Å². The highest BCUT2D eigenvalue weighted by Gasteiger charge is 2.25. The van der Waals surface area contributed by atoms with Crippen LogP contribution in [0.3, 0.4) is 0 Å². The van der Waals surface area contributed by atoms with Gasteiger partial charge in [0.25, 0.3) is 11.5 Å². The van der Waals surface area contributed by atoms with Gasteiger partial charge in [0.2, 0.25) is 5.91 Å². The van der Waals surface area contributed by atoms with Crippen molar-refractivity contribution in [3.05, 3.63) is 69.6 Å². The lowest BCUT2D eigenvalue weighted by molar-refractivity contribution is -0.122. The van der Waals surface area contributed by atoms with E-state index in [0.717, 1.165) is 18.4 Å². The molecule has 1 saturated heterocycles. The van der Waals surface area contributed by atoms with E-state index in [1.165, 1.54) is 0 Å². The first-order valence-corrected chi connectivity index (χ1v) is 9.39. The second kappa shape index (κ2) is 8.66. The van der Waals surface area contributed by atoms with E-state index in [1.54, 1.807) is 23.8 Å². The minimum Gasteiger partial charge on any atom is -0.354 e. The molecule has 0 spiro atoms. The number of aryl methyl sites for hydroxylation is 3. The van der Waals surface area contributed by atoms with Crippen molar-refractivity contribution < 1.29 is 9.59 Å². The zero-order chi connectivity index (χ0) is 19.2. The van der Waals surface area contributed by atoms with Gasteiger partial charge in [0, 0.05) is 19.3 Å². The van der Waals surface area contributed by atoms with Gasteiger partial charge in [-0.2, -0.15) is 0 Å². The van der Waals surface area contributed by atoms with Crippen LogP contribution < -0.4 is 16.2 Å². The van der Waals surface area contributed by atoms with Crippen molar-refractivity contribution in [3.8, 4) is 0 Å². The number of carbonyl (C=O) groups excluding carboxylic acids is 2. The summed E-state index contributed by atoms with van der Waals surface area (Å²) in [6, 6.07) is 11.1. The Kier molecular flexibility index (Phi) is 6.06. The summed E-state index contributed by atoms with van der Waals surface area (Å²) in [5.74, 6) is -0.660. The van der Waals surface area contributed by atoms with Crippen LogP contribution >= 0.6 is 0 Å². The Morgan fingerprint density at radius 1 is 1.19 bits per heavy atom. The molecule has 2 amide bonds. The molecule has 1 aromatic carbocycles. The van der Waals surface area contributed by atoms with E-state index in [0.29, 0.717) is 31.5 Å². The quantitative estimate of drug-likeness (QED) is 0.846. The first kappa shape index (κ1) is 18.9. The third kappa shape index (κ3) is 4.64. The molecule has 6 heteroatoms. The minimum atomic E-state index is -0.586. The van der Waals surface area contributed by atoms with Crippen LogP contribution in [0.5, 0.6) is 0 Å². The average Bonchev–Trinajstić information content (AvgIpc) is 2.86. The number of pyridine rings is 1. The smallest absolute Gasteiger partial charge is 0.263 e. The van der Waals surface area contributed by atoms with Gasteiger partial charge in [-0.1, -0.05) is 30.3 Å². The molecule has 0 bridgehead atoms. The van der Waals surface area contributed by atoms with Gasteiger partial charge in [0.15, 0.2) is 0 Å². The highest BCUT2D eigenvalue weighted by Crippen LogP contribution is 2.09. The van der Waals surface area contributed by atoms with Gasteiger partial charge in [-0.25, -0.2) is 0 Å². The molecule has 1 fully saturated rings. The number of amides is 2. The second-order valence-electron chi connectivity index (χ2n) is 6.92. The Morgan fingerprint density at radius 2 is 1.96 bits per heavy atom. The van der Waals surface area contributed by atoms with Gasteiger partial charge in [0.1, 0.15) is 11.6 Å². The van der Waals surface area contributed by atoms with Crippen LogP contribution in [-0.4, -0.2) is 29.0 Å². The monoisotopic (exact) mass is 367 g/mol. The number of nitrogens with one attached hydrogen (secondary N) is 2. The van der Waals surface area contributed by atoms with Crippen LogP contribution in [0.1, 0.15) is 40.7 Å². The van der Waals surface area contributed by atoms with Gasteiger partial charge in [-0.05, 0) is 49.8 Å². The fourth-order valence-electron chi connectivity index (χ4n) is 3.32. The van der Waals surface area contributed by atoms with Crippen molar-refractivity contribution in [3.63, 3.8) is 0 Å². The lowest BCUT2D eigenvalue weighted by atomic mass is 10.1. The summed E-state index contributed by atoms with van der Waals surface area (Å²) in [5, 5.41) is 5.54. The average molecular weight is 367 g/mol. The molecule has 1 unspecified atom stereocenters. The Balaban J connectivity index is 1.77. The molecule has 0 radical (unpaired) electrons. The molecule has 0 aliphatic carbocycles. The van der Waals surface area contributed by atoms with E-state index < -0.39 is 11.9 Å². The zero-order valence-electron chi connectivity index (χ0n) is 15.5. The summed E-state index contributed by atoms with van der Waals surface area (Å²) >= 11 is 0. The Morgan fingerprint density at radius 3 is 2.74 bits per heavy atom. The molecule has 1 aliphatic rings. The molecule has 0 saturated carbocycles. The largest absolute Gasteiger partial charge is 0.354 e. The molecular formula is C21H25N3O3. The van der Waals surface area contributed by atoms with Crippen molar-refractivity contribution >= 4 is 11.8 Å². The lowest BCUT2D eigenvalue weighted by Gasteiger charge is -2.16. The fourth-order valence-corrected chi connectivity index (χ4v) is 3.32. The predicted octanol–water partition coefficient (Wildman–Crippen LogP) is 1.80. The predicted molar refractivity (Wildman–Crippen MR) is 104 cm³/mol. The maximum Gasteiger partial charge on any atom is 0.263 e. The van der Waals surface area contributed by atoms with E-state index >= 15 is 0 Å². The molecule has 1 aromatic heterocycles. The number of carbonyl (C=O) groups is 2. The Hall–Kier alpha value is -2.89. The topological polar surface area (TPSA) is 80.2 Å². The zero-order valence-corrected chi connectivity index (χ0v) is 15.5. The minimum absolute atomic E-state index is 0.114. The number of benzene rings is 1. The maximum absolute atomic E-state index is 12.8. The van der Waals surface area contributed by atoms with Gasteiger partial charge in [-0.3, -0.25) is 14.4 Å². The molecule has 6 nitrogen and oxygen atoms in total. The van der Waals surface area contributed by atoms with Crippen LogP contribution in [0, 0.1) is 6.92 Å². The molecule has 2 heterocycles. The molecular weight excluding hydrogens is 342 g/mol. The second-order valence-corrected chi connectivity index (χ2v) is 6.92. The summed E-state index contributed by atoms with van der Waals surface area (Å²) in [6.45, 7) is 2.86. The molecule has 2 N–H and O–H groups in total. The van der Waals surface area contributed by atoms with Crippen molar-refractivity contribution in [2.24, 2.45) is 0 Å². The van der Waals surface area contributed by atoms with E-state index in [4.69, 9.17) is 0 Å². The first-order chi connectivity index (χ1) is 13.1. The molecule has 142 valence electrons. The third-order valence-corrected chi connectivity index (χ3v) is 4.93. The summed E-state index contributed by atoms with van der Waals surface area (Å²) in [4.78, 5) is 37.6. The maximum atomic E-state index is 12.8. The van der Waals surface area contributed by atoms with Crippen molar-refractivity contribution in [2.75, 3.05) is 6.54 Å². The first-order valence-electron chi connectivity index (χ1n) is 9.39. The number of hydrogen-bond donors (Lipinski definition) is 2. The summed E-state index contributed by atoms with van der Waals surface area (Å²) < 4.78 is 1.56. The SMILES string of the molecule is Cc1ccn(CCc2ccccc2)c(=O)c1C(=O)NC1CCCCNC1=O. The number of nitrogens with zero attached hydrogens (tertiary/aromatic N) is 1. The standard InChI is InChI=1S/C21H25N3O3/c1-15-10-13-24(14-11-16-7-3-2-4-8-16)21(27)18(15)20(26)23-17-9-5-6-12-22-19(17)25/h2-4,7-8,10,13,17H,5-6,9,11-12,14H2,1H3,(H,22,25)(H,23,26). The molecule has 27 heavy (non-hydrogen) atoms. The van der Waals surface area contributed by atoms with Crippen LogP contribution in [0.4, 0.5) is 0 Å². The summed E-state index contributed by atoms with van der Waals surface area (Å²) in [5.41, 5.74) is 1.54. The Labute approximate surface area is 158 Å². The van der Waals surface area contributed by atoms with E-state index in [2.05, 4.69) is 10.6 Å². The van der Waals surface area contributed by atoms with Gasteiger partial charge in [-0.15, -0.1) is 0 Å². The highest BCUT2D eigenvalue weighted by molar-refractivity contribution is 5.98. The van der Waals surface area contributed by atoms with Gasteiger partial charge < -0.3 is 15.2 Å². The van der Waals surface area contributed by atoms with Gasteiger partial charge >= 0.3 is 0 Å². The van der Waals surface area contributed by atoms with E-state index in [9.17, 15) is 14.4 Å². The molecule has 1 aliphatic heterocycles. The van der Waals surface area contributed by atoms with E-state index in [-0.39, 0.29) is 17.0 Å². The van der Waals surface area contributed by atoms with Crippen LogP contribution in [-0.2, 0) is 17.8 Å². The van der Waals surface area contributed by atoms with E-state index in [1.807, 2.05) is 30.3 Å². The van der Waals surface area contributed by atoms with Crippen molar-refractivity contribution in [1.29, 1.82) is 0 Å². The molecule has 3 rings (SSSR count). The number of aromatic nitrogens is 1. The lowest BCUT2D eigenvalue weighted by Crippen LogP contribution is -2.47. The normalized spacial score (nSPS) is 17.1. The summed E-state index contributed by atoms with van der Waals surface area (Å²) in [7, 11) is 0. The van der Waals surface area contributed by atoms with Crippen LogP contribution in [0.15, 0.2) is 47.4 Å². The number of rotatable bonds is 5. The highest BCUT2D eigenvalue weighted by atomic mass is 16.2. The van der Waals surface area contributed by atoms with Crippen molar-refractivity contribution in [2.45, 2.75) is 45.2 Å². The summed E-state index contributed by atoms with van der Waals surface area (Å²) in [6.07, 6.45) is 4.77. The Bertz CT molecular complexity index is 874. The van der Waals surface area contributed by atoms with Crippen molar-refractivity contribution in [1.82, 2.24) is 15.2 Å². The fraction of sp³-hybridized carbons (Fsp3) is 0.381. The number of hydrogen-bond acceptors (Lipinski definition) is 3. The third-order valence-electron chi connectivity index (χ3n) is 4.93. The molecule has 1 atom stereocenters. The van der Waals surface area contributed by atoms with Crippen LogP contribution in [0.25, 0.3) is 0 Å².